The zero-order chi connectivity index (χ0) is 28.8. The molecule has 1 unspecified atom stereocenters. The summed E-state index contributed by atoms with van der Waals surface area (Å²) < 4.78 is 2.50. The van der Waals surface area contributed by atoms with E-state index in [0.29, 0.717) is 0 Å². The van der Waals surface area contributed by atoms with Crippen LogP contribution in [0.2, 0.25) is 0 Å². The Morgan fingerprint density at radius 3 is 2.09 bits per heavy atom. The van der Waals surface area contributed by atoms with Crippen LogP contribution in [-0.4, -0.2) is 9.55 Å². The summed E-state index contributed by atoms with van der Waals surface area (Å²) >= 11 is 0. The number of aromatic nitrogens is 2. The Bertz CT molecular complexity index is 2450. The molecular weight excluding hydrogens is 532 g/mol. The molecule has 0 amide bonds. The molecular formula is C42H26N2. The molecule has 2 nitrogen and oxygen atoms in total. The van der Waals surface area contributed by atoms with Crippen LogP contribution in [0.4, 0.5) is 0 Å². The first-order valence-electron chi connectivity index (χ1n) is 15.2. The second-order valence-corrected chi connectivity index (χ2v) is 11.9. The van der Waals surface area contributed by atoms with Gasteiger partial charge in [-0.3, -0.25) is 4.98 Å². The molecule has 10 rings (SSSR count). The summed E-state index contributed by atoms with van der Waals surface area (Å²) in [5.41, 5.74) is 15.8. The van der Waals surface area contributed by atoms with E-state index < -0.39 is 5.41 Å². The third-order valence-corrected chi connectivity index (χ3v) is 9.86. The Morgan fingerprint density at radius 1 is 0.455 bits per heavy atom. The summed E-state index contributed by atoms with van der Waals surface area (Å²) in [6.45, 7) is 0. The molecule has 1 aliphatic heterocycles. The Labute approximate surface area is 255 Å². The van der Waals surface area contributed by atoms with E-state index in [1.807, 2.05) is 12.3 Å². The summed E-state index contributed by atoms with van der Waals surface area (Å²) in [5, 5.41) is 2.60. The predicted molar refractivity (Wildman–Crippen MR) is 180 cm³/mol. The van der Waals surface area contributed by atoms with E-state index in [9.17, 15) is 0 Å². The van der Waals surface area contributed by atoms with Gasteiger partial charge in [-0.05, 0) is 63.2 Å². The highest BCUT2D eigenvalue weighted by Gasteiger charge is 2.50. The van der Waals surface area contributed by atoms with E-state index in [4.69, 9.17) is 4.98 Å². The molecule has 3 heterocycles. The largest absolute Gasteiger partial charge is 0.309 e. The van der Waals surface area contributed by atoms with Gasteiger partial charge < -0.3 is 4.57 Å². The lowest BCUT2D eigenvalue weighted by Gasteiger charge is -2.39. The molecule has 2 aromatic heterocycles. The molecule has 0 saturated heterocycles. The fourth-order valence-electron chi connectivity index (χ4n) is 8.20. The van der Waals surface area contributed by atoms with E-state index in [-0.39, 0.29) is 0 Å². The lowest BCUT2D eigenvalue weighted by atomic mass is 9.65. The lowest BCUT2D eigenvalue weighted by molar-refractivity contribution is 0.748. The number of hydrogen-bond donors (Lipinski definition) is 0. The fraction of sp³-hybridized carbons (Fsp3) is 0.0238. The van der Waals surface area contributed by atoms with Crippen molar-refractivity contribution >= 4 is 21.8 Å². The van der Waals surface area contributed by atoms with Gasteiger partial charge >= 0.3 is 0 Å². The zero-order valence-corrected chi connectivity index (χ0v) is 23.9. The molecule has 1 atom stereocenters. The van der Waals surface area contributed by atoms with Crippen molar-refractivity contribution in [3.05, 3.63) is 180 Å². The summed E-state index contributed by atoms with van der Waals surface area (Å²) in [7, 11) is 0. The molecule has 0 fully saturated rings. The highest BCUT2D eigenvalue weighted by Crippen LogP contribution is 2.61. The third-order valence-electron chi connectivity index (χ3n) is 9.86. The van der Waals surface area contributed by atoms with Gasteiger partial charge in [0.05, 0.1) is 27.8 Å². The molecule has 2 aliphatic rings. The number of benzene rings is 6. The first-order valence-corrected chi connectivity index (χ1v) is 15.2. The standard InChI is InChI=1S/C42H26N2/c1-2-12-27(13-3-1)40-29(17-11-25-43-40)28-23-24-35-33(26-28)30-14-4-6-18-34(30)42(35)36-19-7-9-22-39(36)44-38-21-8-5-15-31(38)32-16-10-20-37(42)41(32)44/h1-26H. The SMILES string of the molecule is c1ccc(-c2ncccc2-c2ccc3c(c2)-c2ccccc2C32c3ccccc3-n3c4ccccc4c4cccc2c43)cc1. The van der Waals surface area contributed by atoms with Crippen LogP contribution in [0.5, 0.6) is 0 Å². The average Bonchev–Trinajstić information content (AvgIpc) is 3.59. The second kappa shape index (κ2) is 8.65. The molecule has 0 radical (unpaired) electrons. The van der Waals surface area contributed by atoms with Crippen molar-refractivity contribution in [2.45, 2.75) is 5.41 Å². The normalized spacial score (nSPS) is 15.8. The van der Waals surface area contributed by atoms with E-state index >= 15 is 0 Å². The lowest BCUT2D eigenvalue weighted by Crippen LogP contribution is -2.33. The van der Waals surface area contributed by atoms with Gasteiger partial charge in [-0.25, -0.2) is 0 Å². The number of fused-ring (bicyclic) bond motifs is 12. The van der Waals surface area contributed by atoms with Crippen LogP contribution in [0.25, 0.3) is 61.0 Å². The van der Waals surface area contributed by atoms with Crippen LogP contribution in [0.1, 0.15) is 22.3 Å². The number of para-hydroxylation sites is 3. The van der Waals surface area contributed by atoms with Crippen molar-refractivity contribution in [2.75, 3.05) is 0 Å². The zero-order valence-electron chi connectivity index (χ0n) is 23.9. The molecule has 0 bridgehead atoms. The maximum Gasteiger partial charge on any atom is 0.0780 e. The van der Waals surface area contributed by atoms with Crippen molar-refractivity contribution in [3.8, 4) is 39.2 Å². The van der Waals surface area contributed by atoms with E-state index in [1.165, 1.54) is 66.4 Å². The molecule has 8 aromatic rings. The van der Waals surface area contributed by atoms with E-state index in [2.05, 4.69) is 150 Å². The van der Waals surface area contributed by atoms with E-state index in [1.54, 1.807) is 0 Å². The molecule has 1 spiro atoms. The van der Waals surface area contributed by atoms with Crippen molar-refractivity contribution in [1.29, 1.82) is 0 Å². The molecule has 0 N–H and O–H groups in total. The number of nitrogens with zero attached hydrogens (tertiary/aromatic N) is 2. The topological polar surface area (TPSA) is 17.8 Å². The van der Waals surface area contributed by atoms with Crippen molar-refractivity contribution in [1.82, 2.24) is 9.55 Å². The molecule has 2 heteroatoms. The highest BCUT2D eigenvalue weighted by molar-refractivity contribution is 6.12. The first-order chi connectivity index (χ1) is 21.9. The monoisotopic (exact) mass is 558 g/mol. The minimum Gasteiger partial charge on any atom is -0.309 e. The minimum absolute atomic E-state index is 0.428. The van der Waals surface area contributed by atoms with Gasteiger partial charge in [-0.2, -0.15) is 0 Å². The average molecular weight is 559 g/mol. The van der Waals surface area contributed by atoms with Crippen LogP contribution < -0.4 is 0 Å². The van der Waals surface area contributed by atoms with Crippen LogP contribution in [-0.2, 0) is 5.41 Å². The quantitative estimate of drug-likeness (QED) is 0.206. The molecule has 0 saturated carbocycles. The number of pyridine rings is 1. The van der Waals surface area contributed by atoms with Gasteiger partial charge in [0.15, 0.2) is 0 Å². The predicted octanol–water partition coefficient (Wildman–Crippen LogP) is 10.2. The van der Waals surface area contributed by atoms with Gasteiger partial charge in [0, 0.05) is 28.1 Å². The van der Waals surface area contributed by atoms with Gasteiger partial charge in [0.2, 0.25) is 0 Å². The highest BCUT2D eigenvalue weighted by atomic mass is 15.0. The Hall–Kier alpha value is -5.73. The van der Waals surface area contributed by atoms with Gasteiger partial charge in [0.25, 0.3) is 0 Å². The van der Waals surface area contributed by atoms with Crippen LogP contribution in [0.15, 0.2) is 158 Å². The van der Waals surface area contributed by atoms with Gasteiger partial charge in [0.1, 0.15) is 0 Å². The van der Waals surface area contributed by atoms with Gasteiger partial charge in [-0.1, -0.05) is 127 Å². The Morgan fingerprint density at radius 2 is 1.16 bits per heavy atom. The van der Waals surface area contributed by atoms with Crippen LogP contribution in [0.3, 0.4) is 0 Å². The third kappa shape index (κ3) is 2.88. The smallest absolute Gasteiger partial charge is 0.0780 e. The molecule has 6 aromatic carbocycles. The molecule has 204 valence electrons. The van der Waals surface area contributed by atoms with Crippen molar-refractivity contribution in [2.24, 2.45) is 0 Å². The van der Waals surface area contributed by atoms with Crippen molar-refractivity contribution < 1.29 is 0 Å². The summed E-state index contributed by atoms with van der Waals surface area (Å²) in [4.78, 5) is 4.85. The summed E-state index contributed by atoms with van der Waals surface area (Å²) in [5.74, 6) is 0. The van der Waals surface area contributed by atoms with Gasteiger partial charge in [-0.15, -0.1) is 0 Å². The first kappa shape index (κ1) is 23.8. The molecule has 44 heavy (non-hydrogen) atoms. The summed E-state index contributed by atoms with van der Waals surface area (Å²) in [6, 6.07) is 55.6. The summed E-state index contributed by atoms with van der Waals surface area (Å²) in [6.07, 6.45) is 1.89. The Balaban J connectivity index is 1.32. The number of rotatable bonds is 2. The second-order valence-electron chi connectivity index (χ2n) is 11.9. The fourth-order valence-corrected chi connectivity index (χ4v) is 8.20. The minimum atomic E-state index is -0.428. The Kier molecular flexibility index (Phi) is 4.68. The maximum absolute atomic E-state index is 4.85. The van der Waals surface area contributed by atoms with E-state index in [0.717, 1.165) is 16.8 Å². The molecule has 1 aliphatic carbocycles. The van der Waals surface area contributed by atoms with Crippen molar-refractivity contribution in [3.63, 3.8) is 0 Å². The number of hydrogen-bond acceptors (Lipinski definition) is 1. The van der Waals surface area contributed by atoms with Crippen LogP contribution >= 0.6 is 0 Å². The maximum atomic E-state index is 4.85. The van der Waals surface area contributed by atoms with Crippen LogP contribution in [0, 0.1) is 0 Å².